The number of rotatable bonds is 7. The zero-order valence-corrected chi connectivity index (χ0v) is 13.5. The van der Waals surface area contributed by atoms with Gasteiger partial charge in [-0.15, -0.1) is 0 Å². The minimum Gasteiger partial charge on any atom is -0.354 e. The van der Waals surface area contributed by atoms with Crippen molar-refractivity contribution in [3.63, 3.8) is 0 Å². The summed E-state index contributed by atoms with van der Waals surface area (Å²) < 4.78 is 12.8. The molecule has 0 atom stereocenters. The third-order valence-electron chi connectivity index (χ3n) is 3.51. The topological polar surface area (TPSA) is 62.3 Å². The van der Waals surface area contributed by atoms with Gasteiger partial charge in [-0.1, -0.05) is 18.2 Å². The van der Waals surface area contributed by atoms with Gasteiger partial charge in [-0.3, -0.25) is 14.6 Å². The second-order valence-corrected chi connectivity index (χ2v) is 5.41. The first-order valence-corrected chi connectivity index (χ1v) is 7.71. The van der Waals surface area contributed by atoms with Crippen LogP contribution in [0.3, 0.4) is 0 Å². The van der Waals surface area contributed by atoms with Gasteiger partial charge in [-0.25, -0.2) is 4.39 Å². The summed E-state index contributed by atoms with van der Waals surface area (Å²) >= 11 is 0. The molecule has 1 aromatic heterocycles. The molecule has 5 nitrogen and oxygen atoms in total. The van der Waals surface area contributed by atoms with Crippen molar-refractivity contribution in [1.29, 1.82) is 0 Å². The van der Waals surface area contributed by atoms with Crippen LogP contribution in [0.4, 0.5) is 4.39 Å². The molecule has 1 heterocycles. The van der Waals surface area contributed by atoms with Gasteiger partial charge in [-0.2, -0.15) is 0 Å². The van der Waals surface area contributed by atoms with Gasteiger partial charge in [0.05, 0.1) is 18.7 Å². The van der Waals surface area contributed by atoms with Crippen molar-refractivity contribution in [3.05, 3.63) is 65.7 Å². The highest BCUT2D eigenvalue weighted by atomic mass is 19.1. The summed E-state index contributed by atoms with van der Waals surface area (Å²) in [5.74, 6) is -0.567. The molecule has 0 spiro atoms. The largest absolute Gasteiger partial charge is 0.354 e. The summed E-state index contributed by atoms with van der Waals surface area (Å²) in [6, 6.07) is 11.3. The molecule has 0 saturated carbocycles. The number of benzene rings is 1. The van der Waals surface area contributed by atoms with Crippen LogP contribution in [0.15, 0.2) is 48.7 Å². The van der Waals surface area contributed by atoms with E-state index in [4.69, 9.17) is 0 Å². The molecule has 0 aliphatic heterocycles. The Bertz CT molecular complexity index is 674. The van der Waals surface area contributed by atoms with Gasteiger partial charge >= 0.3 is 0 Å². The average molecular weight is 329 g/mol. The van der Waals surface area contributed by atoms with E-state index in [1.165, 1.54) is 19.1 Å². The third-order valence-corrected chi connectivity index (χ3v) is 3.51. The summed E-state index contributed by atoms with van der Waals surface area (Å²) in [4.78, 5) is 29.4. The number of carbonyl (C=O) groups excluding carboxylic acids is 2. The number of nitrogens with one attached hydrogen (secondary N) is 1. The number of halogens is 1. The Morgan fingerprint density at radius 2 is 1.92 bits per heavy atom. The second-order valence-electron chi connectivity index (χ2n) is 5.41. The van der Waals surface area contributed by atoms with Gasteiger partial charge in [0.1, 0.15) is 5.82 Å². The lowest BCUT2D eigenvalue weighted by molar-refractivity contribution is -0.130. The van der Waals surface area contributed by atoms with Crippen LogP contribution in [-0.4, -0.2) is 34.8 Å². The first-order chi connectivity index (χ1) is 11.5. The number of amides is 2. The molecule has 0 fully saturated rings. The van der Waals surface area contributed by atoms with Crippen molar-refractivity contribution in [2.24, 2.45) is 0 Å². The van der Waals surface area contributed by atoms with Gasteiger partial charge < -0.3 is 10.2 Å². The molecule has 2 aromatic rings. The number of hydrogen-bond donors (Lipinski definition) is 1. The van der Waals surface area contributed by atoms with Gasteiger partial charge in [-0.05, 0) is 29.8 Å². The predicted molar refractivity (Wildman–Crippen MR) is 88.4 cm³/mol. The fraction of sp³-hybridized carbons (Fsp3) is 0.278. The minimum atomic E-state index is -0.328. The average Bonchev–Trinajstić information content (AvgIpc) is 2.57. The molecule has 2 rings (SSSR count). The van der Waals surface area contributed by atoms with Crippen LogP contribution in [0.25, 0.3) is 0 Å². The maximum atomic E-state index is 12.8. The van der Waals surface area contributed by atoms with Crippen molar-refractivity contribution < 1.29 is 14.0 Å². The highest BCUT2D eigenvalue weighted by Gasteiger charge is 2.11. The highest BCUT2D eigenvalue weighted by molar-refractivity contribution is 5.78. The Hall–Kier alpha value is -2.76. The molecule has 0 bridgehead atoms. The normalized spacial score (nSPS) is 10.2. The zero-order valence-electron chi connectivity index (χ0n) is 13.5. The van der Waals surface area contributed by atoms with Crippen molar-refractivity contribution >= 4 is 11.8 Å². The lowest BCUT2D eigenvalue weighted by atomic mass is 10.1. The monoisotopic (exact) mass is 329 g/mol. The van der Waals surface area contributed by atoms with E-state index in [1.54, 1.807) is 23.2 Å². The Balaban J connectivity index is 1.78. The Labute approximate surface area is 140 Å². The van der Waals surface area contributed by atoms with E-state index in [9.17, 15) is 14.0 Å². The quantitative estimate of drug-likeness (QED) is 0.844. The van der Waals surface area contributed by atoms with Crippen LogP contribution in [0, 0.1) is 5.82 Å². The van der Waals surface area contributed by atoms with Gasteiger partial charge in [0, 0.05) is 26.2 Å². The maximum Gasteiger partial charge on any atom is 0.224 e. The smallest absolute Gasteiger partial charge is 0.224 e. The van der Waals surface area contributed by atoms with Crippen LogP contribution in [0.2, 0.25) is 0 Å². The molecule has 24 heavy (non-hydrogen) atoms. The van der Waals surface area contributed by atoms with Gasteiger partial charge in [0.15, 0.2) is 0 Å². The SMILES string of the molecule is CC(=O)N(CCNC(=O)Cc1ccc(F)cc1)Cc1ccccn1. The summed E-state index contributed by atoms with van der Waals surface area (Å²) in [5, 5.41) is 2.77. The molecule has 2 amide bonds. The molecule has 0 unspecified atom stereocenters. The predicted octanol–water partition coefficient (Wildman–Crippen LogP) is 1.93. The first-order valence-electron chi connectivity index (χ1n) is 7.71. The Morgan fingerprint density at radius 3 is 2.54 bits per heavy atom. The summed E-state index contributed by atoms with van der Waals surface area (Å²) in [7, 11) is 0. The summed E-state index contributed by atoms with van der Waals surface area (Å²) in [5.41, 5.74) is 1.54. The molecule has 0 aliphatic carbocycles. The maximum absolute atomic E-state index is 12.8. The first kappa shape index (κ1) is 17.6. The van der Waals surface area contributed by atoms with E-state index in [-0.39, 0.29) is 24.1 Å². The standard InChI is InChI=1S/C18H20FN3O2/c1-14(23)22(13-17-4-2-3-9-20-17)11-10-21-18(24)12-15-5-7-16(19)8-6-15/h2-9H,10-13H2,1H3,(H,21,24). The molecule has 6 heteroatoms. The molecule has 0 aliphatic rings. The molecule has 1 N–H and O–H groups in total. The molecule has 0 radical (unpaired) electrons. The Morgan fingerprint density at radius 1 is 1.17 bits per heavy atom. The van der Waals surface area contributed by atoms with Crippen LogP contribution >= 0.6 is 0 Å². The Kier molecular flexibility index (Phi) is 6.42. The number of aromatic nitrogens is 1. The van der Waals surface area contributed by atoms with Crippen LogP contribution in [0.1, 0.15) is 18.2 Å². The fourth-order valence-corrected chi connectivity index (χ4v) is 2.22. The van der Waals surface area contributed by atoms with E-state index in [0.717, 1.165) is 11.3 Å². The molecule has 126 valence electrons. The van der Waals surface area contributed by atoms with Crippen LogP contribution in [0.5, 0.6) is 0 Å². The lowest BCUT2D eigenvalue weighted by Crippen LogP contribution is -2.37. The third kappa shape index (κ3) is 5.79. The van der Waals surface area contributed by atoms with E-state index >= 15 is 0 Å². The van der Waals surface area contributed by atoms with Gasteiger partial charge in [0.2, 0.25) is 11.8 Å². The van der Waals surface area contributed by atoms with E-state index in [1.807, 2.05) is 18.2 Å². The van der Waals surface area contributed by atoms with E-state index in [0.29, 0.717) is 19.6 Å². The molecule has 1 aromatic carbocycles. The van der Waals surface area contributed by atoms with Crippen molar-refractivity contribution in [2.75, 3.05) is 13.1 Å². The fourth-order valence-electron chi connectivity index (χ4n) is 2.22. The highest BCUT2D eigenvalue weighted by Crippen LogP contribution is 2.04. The van der Waals surface area contributed by atoms with E-state index in [2.05, 4.69) is 10.3 Å². The zero-order chi connectivity index (χ0) is 17.4. The molecular weight excluding hydrogens is 309 g/mol. The van der Waals surface area contributed by atoms with Crippen LogP contribution < -0.4 is 5.32 Å². The lowest BCUT2D eigenvalue weighted by Gasteiger charge is -2.20. The van der Waals surface area contributed by atoms with Crippen molar-refractivity contribution in [2.45, 2.75) is 19.9 Å². The van der Waals surface area contributed by atoms with Crippen molar-refractivity contribution in [1.82, 2.24) is 15.2 Å². The second kappa shape index (κ2) is 8.76. The number of pyridine rings is 1. The summed E-state index contributed by atoms with van der Waals surface area (Å²) in [6.45, 7) is 2.65. The number of carbonyl (C=O) groups is 2. The number of hydrogen-bond acceptors (Lipinski definition) is 3. The number of nitrogens with zero attached hydrogens (tertiary/aromatic N) is 2. The van der Waals surface area contributed by atoms with Crippen LogP contribution in [-0.2, 0) is 22.6 Å². The van der Waals surface area contributed by atoms with E-state index < -0.39 is 0 Å². The summed E-state index contributed by atoms with van der Waals surface area (Å²) in [6.07, 6.45) is 1.86. The molecular formula is C18H20FN3O2. The van der Waals surface area contributed by atoms with Crippen molar-refractivity contribution in [3.8, 4) is 0 Å². The minimum absolute atomic E-state index is 0.0755. The molecule has 0 saturated heterocycles. The van der Waals surface area contributed by atoms with Gasteiger partial charge in [0.25, 0.3) is 0 Å².